The van der Waals surface area contributed by atoms with Gasteiger partial charge in [0.05, 0.1) is 0 Å². The summed E-state index contributed by atoms with van der Waals surface area (Å²) in [7, 11) is 0. The molecule has 2 N–H and O–H groups in total. The first-order chi connectivity index (χ1) is 11.1. The summed E-state index contributed by atoms with van der Waals surface area (Å²) in [5.41, 5.74) is 1.07. The average molecular weight is 317 g/mol. The molecule has 1 amide bonds. The number of rotatable bonds is 11. The van der Waals surface area contributed by atoms with E-state index in [0.717, 1.165) is 24.8 Å². The molecule has 4 heteroatoms. The van der Waals surface area contributed by atoms with Gasteiger partial charge >= 0.3 is 5.97 Å². The Morgan fingerprint density at radius 1 is 1.26 bits per heavy atom. The van der Waals surface area contributed by atoms with Gasteiger partial charge < -0.3 is 10.4 Å². The molecule has 0 heterocycles. The van der Waals surface area contributed by atoms with Crippen LogP contribution in [0.1, 0.15) is 44.6 Å². The molecular weight excluding hydrogens is 290 g/mol. The fourth-order valence-electron chi connectivity index (χ4n) is 2.51. The molecule has 0 saturated heterocycles. The number of carboxylic acid groups (broad SMARTS) is 1. The van der Waals surface area contributed by atoms with Gasteiger partial charge in [-0.1, -0.05) is 56.2 Å². The number of carboxylic acids is 1. The zero-order valence-corrected chi connectivity index (χ0v) is 13.8. The second kappa shape index (κ2) is 10.6. The van der Waals surface area contributed by atoms with Gasteiger partial charge in [0, 0.05) is 5.92 Å². The van der Waals surface area contributed by atoms with Crippen molar-refractivity contribution in [3.05, 3.63) is 48.6 Å². The number of amides is 1. The lowest BCUT2D eigenvalue weighted by atomic mass is 9.96. The van der Waals surface area contributed by atoms with Crippen molar-refractivity contribution in [3.8, 4) is 0 Å². The number of allylic oxidation sites excluding steroid dienone is 1. The minimum absolute atomic E-state index is 0.182. The van der Waals surface area contributed by atoms with Gasteiger partial charge in [0.15, 0.2) is 0 Å². The van der Waals surface area contributed by atoms with Gasteiger partial charge in [-0.25, -0.2) is 4.79 Å². The molecule has 0 saturated carbocycles. The fraction of sp³-hybridized carbons (Fsp3) is 0.474. The molecule has 1 aromatic carbocycles. The Labute approximate surface area is 138 Å². The van der Waals surface area contributed by atoms with Crippen LogP contribution in [0.5, 0.6) is 0 Å². The van der Waals surface area contributed by atoms with E-state index >= 15 is 0 Å². The summed E-state index contributed by atoms with van der Waals surface area (Å²) in [6, 6.07) is 8.85. The smallest absolute Gasteiger partial charge is 0.326 e. The number of unbranched alkanes of at least 4 members (excludes halogenated alkanes) is 1. The zero-order chi connectivity index (χ0) is 17.1. The number of benzene rings is 1. The van der Waals surface area contributed by atoms with Crippen LogP contribution in [0.15, 0.2) is 43.0 Å². The van der Waals surface area contributed by atoms with Crippen molar-refractivity contribution in [1.29, 1.82) is 0 Å². The van der Waals surface area contributed by atoms with Crippen LogP contribution >= 0.6 is 0 Å². The number of hydrogen-bond donors (Lipinski definition) is 2. The van der Waals surface area contributed by atoms with E-state index in [-0.39, 0.29) is 11.8 Å². The molecule has 126 valence electrons. The van der Waals surface area contributed by atoms with E-state index in [1.54, 1.807) is 6.08 Å². The summed E-state index contributed by atoms with van der Waals surface area (Å²) in [6.07, 6.45) is 6.04. The van der Waals surface area contributed by atoms with Gasteiger partial charge in [-0.2, -0.15) is 0 Å². The summed E-state index contributed by atoms with van der Waals surface area (Å²) in [5, 5.41) is 12.0. The summed E-state index contributed by atoms with van der Waals surface area (Å²) in [5.74, 6) is -1.35. The molecule has 0 radical (unpaired) electrons. The van der Waals surface area contributed by atoms with E-state index in [4.69, 9.17) is 0 Å². The number of nitrogens with one attached hydrogen (secondary N) is 1. The first-order valence-electron chi connectivity index (χ1n) is 8.26. The maximum Gasteiger partial charge on any atom is 0.326 e. The third-order valence-electron chi connectivity index (χ3n) is 3.91. The van der Waals surface area contributed by atoms with Crippen LogP contribution < -0.4 is 5.32 Å². The van der Waals surface area contributed by atoms with Crippen molar-refractivity contribution in [2.45, 2.75) is 51.5 Å². The number of hydrogen-bond acceptors (Lipinski definition) is 2. The van der Waals surface area contributed by atoms with Crippen molar-refractivity contribution in [3.63, 3.8) is 0 Å². The van der Waals surface area contributed by atoms with E-state index in [9.17, 15) is 14.7 Å². The maximum atomic E-state index is 12.3. The highest BCUT2D eigenvalue weighted by molar-refractivity contribution is 5.85. The van der Waals surface area contributed by atoms with Gasteiger partial charge in [-0.05, 0) is 31.2 Å². The van der Waals surface area contributed by atoms with Gasteiger partial charge in [0.25, 0.3) is 0 Å². The summed E-state index contributed by atoms with van der Waals surface area (Å²) < 4.78 is 0. The first kappa shape index (κ1) is 18.9. The molecule has 2 atom stereocenters. The quantitative estimate of drug-likeness (QED) is 0.613. The molecule has 0 fully saturated rings. The van der Waals surface area contributed by atoms with Crippen LogP contribution in [-0.4, -0.2) is 23.0 Å². The lowest BCUT2D eigenvalue weighted by molar-refractivity contribution is -0.142. The molecule has 0 aliphatic carbocycles. The molecule has 1 rings (SSSR count). The number of carbonyl (C=O) groups is 2. The topological polar surface area (TPSA) is 66.4 Å². The third kappa shape index (κ3) is 7.13. The van der Waals surface area contributed by atoms with Crippen LogP contribution in [0.3, 0.4) is 0 Å². The normalized spacial score (nSPS) is 13.1. The van der Waals surface area contributed by atoms with Crippen molar-refractivity contribution in [1.82, 2.24) is 5.32 Å². The highest BCUT2D eigenvalue weighted by atomic mass is 16.4. The number of aryl methyl sites for hydroxylation is 1. The Kier molecular flexibility index (Phi) is 8.73. The second-order valence-electron chi connectivity index (χ2n) is 5.79. The van der Waals surface area contributed by atoms with E-state index in [1.165, 1.54) is 0 Å². The predicted molar refractivity (Wildman–Crippen MR) is 92.2 cm³/mol. The summed E-state index contributed by atoms with van der Waals surface area (Å²) >= 11 is 0. The van der Waals surface area contributed by atoms with Gasteiger partial charge in [0.1, 0.15) is 6.04 Å². The fourth-order valence-corrected chi connectivity index (χ4v) is 2.51. The average Bonchev–Trinajstić information content (AvgIpc) is 2.55. The monoisotopic (exact) mass is 317 g/mol. The molecule has 0 aliphatic heterocycles. The Morgan fingerprint density at radius 2 is 1.96 bits per heavy atom. The van der Waals surface area contributed by atoms with Crippen LogP contribution in [0.4, 0.5) is 0 Å². The lowest BCUT2D eigenvalue weighted by Gasteiger charge is -2.19. The van der Waals surface area contributed by atoms with Crippen molar-refractivity contribution >= 4 is 11.9 Å². The molecule has 1 aromatic rings. The highest BCUT2D eigenvalue weighted by Gasteiger charge is 2.24. The molecule has 23 heavy (non-hydrogen) atoms. The van der Waals surface area contributed by atoms with E-state index in [1.807, 2.05) is 30.3 Å². The van der Waals surface area contributed by atoms with Crippen molar-refractivity contribution < 1.29 is 14.7 Å². The van der Waals surface area contributed by atoms with E-state index < -0.39 is 12.0 Å². The Bertz CT molecular complexity index is 499. The molecular formula is C19H27NO3. The molecule has 0 spiro atoms. The molecule has 4 nitrogen and oxygen atoms in total. The van der Waals surface area contributed by atoms with Crippen LogP contribution in [-0.2, 0) is 16.0 Å². The maximum absolute atomic E-state index is 12.3. The van der Waals surface area contributed by atoms with Gasteiger partial charge in [0.2, 0.25) is 5.91 Å². The van der Waals surface area contributed by atoms with Crippen LogP contribution in [0.2, 0.25) is 0 Å². The van der Waals surface area contributed by atoms with Gasteiger partial charge in [-0.3, -0.25) is 4.79 Å². The SMILES string of the molecule is C=CCC(CCCC)C(=O)NC(CCc1ccccc1)C(=O)O. The molecule has 2 unspecified atom stereocenters. The third-order valence-corrected chi connectivity index (χ3v) is 3.91. The standard InChI is InChI=1S/C19H27NO3/c1-3-5-12-16(9-4-2)18(21)20-17(19(22)23)14-13-15-10-7-6-8-11-15/h4,6-8,10-11,16-17H,2-3,5,9,12-14H2,1H3,(H,20,21)(H,22,23). The predicted octanol–water partition coefficient (Wildman–Crippen LogP) is 3.57. The molecule has 0 aliphatic rings. The Balaban J connectivity index is 2.60. The first-order valence-corrected chi connectivity index (χ1v) is 8.26. The summed E-state index contributed by atoms with van der Waals surface area (Å²) in [6.45, 7) is 5.76. The number of aliphatic carboxylic acids is 1. The van der Waals surface area contributed by atoms with Crippen LogP contribution in [0.25, 0.3) is 0 Å². The van der Waals surface area contributed by atoms with E-state index in [0.29, 0.717) is 19.3 Å². The van der Waals surface area contributed by atoms with E-state index in [2.05, 4.69) is 18.8 Å². The van der Waals surface area contributed by atoms with Crippen LogP contribution in [0, 0.1) is 5.92 Å². The Hall–Kier alpha value is -2.10. The zero-order valence-electron chi connectivity index (χ0n) is 13.8. The molecule has 0 aromatic heterocycles. The van der Waals surface area contributed by atoms with Crippen molar-refractivity contribution in [2.75, 3.05) is 0 Å². The van der Waals surface area contributed by atoms with Crippen molar-refractivity contribution in [2.24, 2.45) is 5.92 Å². The largest absolute Gasteiger partial charge is 0.480 e. The van der Waals surface area contributed by atoms with Gasteiger partial charge in [-0.15, -0.1) is 6.58 Å². The number of carbonyl (C=O) groups excluding carboxylic acids is 1. The summed E-state index contributed by atoms with van der Waals surface area (Å²) in [4.78, 5) is 23.8. The highest BCUT2D eigenvalue weighted by Crippen LogP contribution is 2.15. The second-order valence-corrected chi connectivity index (χ2v) is 5.79. The Morgan fingerprint density at radius 3 is 2.52 bits per heavy atom. The minimum atomic E-state index is -0.984. The molecule has 0 bridgehead atoms. The minimum Gasteiger partial charge on any atom is -0.480 e. The lowest BCUT2D eigenvalue weighted by Crippen LogP contribution is -2.43.